The second-order valence-corrected chi connectivity index (χ2v) is 9.47. The number of hydrogen-bond donors (Lipinski definition) is 0. The van der Waals surface area contributed by atoms with Crippen LogP contribution in [0.5, 0.6) is 5.75 Å². The van der Waals surface area contributed by atoms with Crippen molar-refractivity contribution >= 4 is 22.5 Å². The molecular weight excluding hydrogens is 580 g/mol. The van der Waals surface area contributed by atoms with Crippen molar-refractivity contribution in [3.05, 3.63) is 118 Å². The lowest BCUT2D eigenvalue weighted by Crippen LogP contribution is -2.11. The van der Waals surface area contributed by atoms with E-state index in [0.717, 1.165) is 24.3 Å². The smallest absolute Gasteiger partial charge is 0.419 e. The molecule has 212 valence electrons. The highest BCUT2D eigenvalue weighted by atomic mass is 35.5. The maximum atomic E-state index is 14.6. The molecule has 3 nitrogen and oxygen atoms in total. The molecule has 0 aliphatic carbocycles. The SMILES string of the molecule is Fc1cc(Cl)ccc1Cn1nc2c(C(F)(F)F)cccc2c1-c1cccc(OCc2cccc(C(F)(F)F)c2F)c1. The summed E-state index contributed by atoms with van der Waals surface area (Å²) in [6, 6.07) is 16.2. The van der Waals surface area contributed by atoms with Gasteiger partial charge in [0.25, 0.3) is 0 Å². The molecule has 0 atom stereocenters. The molecule has 0 aliphatic heterocycles. The average Bonchev–Trinajstić information content (AvgIpc) is 3.26. The van der Waals surface area contributed by atoms with Gasteiger partial charge in [-0.1, -0.05) is 54.1 Å². The summed E-state index contributed by atoms with van der Waals surface area (Å²) in [5.41, 5.74) is -2.48. The van der Waals surface area contributed by atoms with Crippen molar-refractivity contribution < 1.29 is 39.9 Å². The summed E-state index contributed by atoms with van der Waals surface area (Å²) in [5.74, 6) is -2.05. The summed E-state index contributed by atoms with van der Waals surface area (Å²) < 4.78 is 117. The first-order valence-electron chi connectivity index (χ1n) is 11.9. The third kappa shape index (κ3) is 5.85. The van der Waals surface area contributed by atoms with Gasteiger partial charge >= 0.3 is 12.4 Å². The van der Waals surface area contributed by atoms with Crippen molar-refractivity contribution in [1.82, 2.24) is 9.78 Å². The topological polar surface area (TPSA) is 27.1 Å². The Kier molecular flexibility index (Phi) is 7.41. The minimum absolute atomic E-state index is 0.102. The van der Waals surface area contributed by atoms with Crippen LogP contribution in [-0.4, -0.2) is 9.78 Å². The van der Waals surface area contributed by atoms with Gasteiger partial charge in [0.1, 0.15) is 29.5 Å². The van der Waals surface area contributed by atoms with Gasteiger partial charge in [-0.15, -0.1) is 0 Å². The lowest BCUT2D eigenvalue weighted by Gasteiger charge is -2.13. The molecule has 0 amide bonds. The Morgan fingerprint density at radius 3 is 2.15 bits per heavy atom. The van der Waals surface area contributed by atoms with Gasteiger partial charge in [0.15, 0.2) is 0 Å². The molecule has 0 fully saturated rings. The van der Waals surface area contributed by atoms with Crippen molar-refractivity contribution in [3.63, 3.8) is 0 Å². The van der Waals surface area contributed by atoms with E-state index in [0.29, 0.717) is 11.6 Å². The van der Waals surface area contributed by atoms with E-state index in [9.17, 15) is 35.1 Å². The molecule has 0 saturated heterocycles. The predicted octanol–water partition coefficient (Wildman–Crippen LogP) is 9.30. The molecule has 0 saturated carbocycles. The van der Waals surface area contributed by atoms with Crippen molar-refractivity contribution in [2.75, 3.05) is 0 Å². The van der Waals surface area contributed by atoms with Gasteiger partial charge in [0.2, 0.25) is 0 Å². The van der Waals surface area contributed by atoms with Crippen LogP contribution in [0.1, 0.15) is 22.3 Å². The van der Waals surface area contributed by atoms with Crippen LogP contribution in [0, 0.1) is 11.6 Å². The second-order valence-electron chi connectivity index (χ2n) is 9.03. The molecule has 0 bridgehead atoms. The first-order chi connectivity index (χ1) is 19.3. The zero-order chi connectivity index (χ0) is 29.5. The Balaban J connectivity index is 1.56. The largest absolute Gasteiger partial charge is 0.489 e. The lowest BCUT2D eigenvalue weighted by molar-refractivity contribution is -0.140. The molecule has 1 heterocycles. The van der Waals surface area contributed by atoms with Crippen LogP contribution < -0.4 is 4.74 Å². The van der Waals surface area contributed by atoms with Crippen LogP contribution in [0.4, 0.5) is 35.1 Å². The van der Waals surface area contributed by atoms with E-state index < -0.39 is 41.7 Å². The average molecular weight is 597 g/mol. The maximum absolute atomic E-state index is 14.6. The van der Waals surface area contributed by atoms with E-state index in [4.69, 9.17) is 16.3 Å². The molecule has 0 unspecified atom stereocenters. The van der Waals surface area contributed by atoms with Gasteiger partial charge in [-0.3, -0.25) is 4.68 Å². The normalized spacial score (nSPS) is 12.2. The number of nitrogens with zero attached hydrogens (tertiary/aromatic N) is 2. The van der Waals surface area contributed by atoms with E-state index >= 15 is 0 Å². The molecule has 4 aromatic carbocycles. The number of aromatic nitrogens is 2. The summed E-state index contributed by atoms with van der Waals surface area (Å²) in [6.45, 7) is -0.793. The number of halogens is 9. The number of benzene rings is 4. The van der Waals surface area contributed by atoms with Gasteiger partial charge < -0.3 is 4.74 Å². The van der Waals surface area contributed by atoms with Gasteiger partial charge in [0, 0.05) is 27.1 Å². The second kappa shape index (κ2) is 10.7. The predicted molar refractivity (Wildman–Crippen MR) is 136 cm³/mol. The molecule has 0 radical (unpaired) electrons. The minimum atomic E-state index is -4.89. The quantitative estimate of drug-likeness (QED) is 0.183. The number of hydrogen-bond acceptors (Lipinski definition) is 2. The van der Waals surface area contributed by atoms with Crippen LogP contribution >= 0.6 is 11.6 Å². The highest BCUT2D eigenvalue weighted by molar-refractivity contribution is 6.30. The van der Waals surface area contributed by atoms with Crippen molar-refractivity contribution in [1.29, 1.82) is 0 Å². The minimum Gasteiger partial charge on any atom is -0.489 e. The maximum Gasteiger partial charge on any atom is 0.419 e. The molecule has 12 heteroatoms. The molecule has 0 spiro atoms. The van der Waals surface area contributed by atoms with E-state index in [1.54, 1.807) is 6.07 Å². The van der Waals surface area contributed by atoms with Crippen molar-refractivity contribution in [2.45, 2.75) is 25.5 Å². The van der Waals surface area contributed by atoms with Crippen LogP contribution in [0.3, 0.4) is 0 Å². The van der Waals surface area contributed by atoms with Crippen molar-refractivity contribution in [2.24, 2.45) is 0 Å². The Morgan fingerprint density at radius 1 is 0.756 bits per heavy atom. The lowest BCUT2D eigenvalue weighted by atomic mass is 10.0. The molecule has 0 aliphatic rings. The van der Waals surface area contributed by atoms with E-state index in [1.807, 2.05) is 0 Å². The van der Waals surface area contributed by atoms with Gasteiger partial charge in [-0.05, 0) is 36.4 Å². The molecule has 41 heavy (non-hydrogen) atoms. The number of ether oxygens (including phenoxy) is 1. The third-order valence-corrected chi connectivity index (χ3v) is 6.53. The number of alkyl halides is 6. The first-order valence-corrected chi connectivity index (χ1v) is 12.3. The van der Waals surface area contributed by atoms with Crippen LogP contribution in [0.25, 0.3) is 22.2 Å². The fourth-order valence-corrected chi connectivity index (χ4v) is 4.57. The number of rotatable bonds is 6. The van der Waals surface area contributed by atoms with Gasteiger partial charge in [-0.25, -0.2) is 8.78 Å². The van der Waals surface area contributed by atoms with Crippen LogP contribution in [0.2, 0.25) is 5.02 Å². The fourth-order valence-electron chi connectivity index (χ4n) is 4.42. The van der Waals surface area contributed by atoms with Gasteiger partial charge in [0.05, 0.1) is 23.4 Å². The molecule has 5 rings (SSSR count). The van der Waals surface area contributed by atoms with E-state index in [2.05, 4.69) is 5.10 Å². The zero-order valence-electron chi connectivity index (χ0n) is 20.6. The first kappa shape index (κ1) is 28.4. The van der Waals surface area contributed by atoms with Gasteiger partial charge in [-0.2, -0.15) is 31.4 Å². The molecule has 5 aromatic rings. The molecular formula is C29H17ClF8N2O. The zero-order valence-corrected chi connectivity index (χ0v) is 21.4. The van der Waals surface area contributed by atoms with Crippen LogP contribution in [0.15, 0.2) is 78.9 Å². The summed E-state index contributed by atoms with van der Waals surface area (Å²) in [6.07, 6.45) is -9.61. The highest BCUT2D eigenvalue weighted by Crippen LogP contribution is 2.39. The Labute approximate surface area is 232 Å². The summed E-state index contributed by atoms with van der Waals surface area (Å²) in [5, 5.41) is 4.44. The molecule has 1 aromatic heterocycles. The standard InChI is InChI=1S/C29H17ClF8N2O/c30-19-11-10-17(24(31)13-19)14-40-27(21-7-3-9-23(26(21)39-40)29(36,37)38)16-4-1-6-20(12-16)41-15-18-5-2-8-22(25(18)32)28(33,34)35/h1-13H,14-15H2. The summed E-state index contributed by atoms with van der Waals surface area (Å²) in [4.78, 5) is 0. The third-order valence-electron chi connectivity index (χ3n) is 6.30. The molecule has 0 N–H and O–H groups in total. The fraction of sp³-hybridized carbons (Fsp3) is 0.138. The van der Waals surface area contributed by atoms with Crippen LogP contribution in [-0.2, 0) is 25.5 Å². The van der Waals surface area contributed by atoms with Crippen molar-refractivity contribution in [3.8, 4) is 17.0 Å². The Bertz CT molecular complexity index is 1740. The van der Waals surface area contributed by atoms with E-state index in [1.165, 1.54) is 47.1 Å². The summed E-state index contributed by atoms with van der Waals surface area (Å²) >= 11 is 5.83. The summed E-state index contributed by atoms with van der Waals surface area (Å²) in [7, 11) is 0. The Morgan fingerprint density at radius 2 is 1.44 bits per heavy atom. The highest BCUT2D eigenvalue weighted by Gasteiger charge is 2.35. The van der Waals surface area contributed by atoms with E-state index in [-0.39, 0.29) is 45.0 Å². The Hall–Kier alpha value is -4.12. The monoisotopic (exact) mass is 596 g/mol. The number of fused-ring (bicyclic) bond motifs is 1.